The van der Waals surface area contributed by atoms with Gasteiger partial charge in [-0.3, -0.25) is 4.98 Å². The summed E-state index contributed by atoms with van der Waals surface area (Å²) in [4.78, 5) is 4.06. The van der Waals surface area contributed by atoms with Crippen molar-refractivity contribution < 1.29 is 0 Å². The Bertz CT molecular complexity index is 292. The van der Waals surface area contributed by atoms with Gasteiger partial charge in [0.25, 0.3) is 0 Å². The zero-order valence-corrected chi connectivity index (χ0v) is 7.66. The van der Waals surface area contributed by atoms with Gasteiger partial charge in [-0.15, -0.1) is 13.2 Å². The van der Waals surface area contributed by atoms with Gasteiger partial charge in [0.1, 0.15) is 0 Å². The minimum Gasteiger partial charge on any atom is -0.381 e. The van der Waals surface area contributed by atoms with Crippen LogP contribution in [-0.2, 0) is 6.42 Å². The van der Waals surface area contributed by atoms with E-state index in [0.717, 1.165) is 18.7 Å². The third-order valence-electron chi connectivity index (χ3n) is 1.70. The molecule has 0 saturated carbocycles. The molecule has 0 fully saturated rings. The number of anilines is 1. The van der Waals surface area contributed by atoms with E-state index >= 15 is 0 Å². The summed E-state index contributed by atoms with van der Waals surface area (Å²) in [6.07, 6.45) is 8.17. The lowest BCUT2D eigenvalue weighted by molar-refractivity contribution is 1.17. The van der Waals surface area contributed by atoms with E-state index < -0.39 is 0 Å². The lowest BCUT2D eigenvalue weighted by atomic mass is 10.1. The van der Waals surface area contributed by atoms with Crippen LogP contribution in [0.4, 0.5) is 5.69 Å². The van der Waals surface area contributed by atoms with Crippen LogP contribution in [0.25, 0.3) is 0 Å². The number of nitrogens with one attached hydrogen (secondary N) is 1. The standard InChI is InChI=1S/C11H14N2/c1-3-5-10-9-12-8-6-11(10)13-7-4-2/h3-4,6,8-9H,1-2,5,7H2,(H,12,13). The minimum absolute atomic E-state index is 0.772. The van der Waals surface area contributed by atoms with Crippen molar-refractivity contribution in [2.45, 2.75) is 6.42 Å². The Balaban J connectivity index is 2.77. The largest absolute Gasteiger partial charge is 0.381 e. The van der Waals surface area contributed by atoms with E-state index in [1.165, 1.54) is 5.56 Å². The third-order valence-corrected chi connectivity index (χ3v) is 1.70. The minimum atomic E-state index is 0.772. The van der Waals surface area contributed by atoms with Crippen LogP contribution in [0.3, 0.4) is 0 Å². The third kappa shape index (κ3) is 2.75. The monoisotopic (exact) mass is 174 g/mol. The second-order valence-electron chi connectivity index (χ2n) is 2.70. The molecule has 0 aliphatic carbocycles. The van der Waals surface area contributed by atoms with Crippen molar-refractivity contribution in [3.05, 3.63) is 49.3 Å². The second kappa shape index (κ2) is 5.14. The van der Waals surface area contributed by atoms with Gasteiger partial charge < -0.3 is 5.32 Å². The van der Waals surface area contributed by atoms with E-state index in [2.05, 4.69) is 23.5 Å². The van der Waals surface area contributed by atoms with Crippen LogP contribution in [0.2, 0.25) is 0 Å². The van der Waals surface area contributed by atoms with E-state index in [0.29, 0.717) is 0 Å². The maximum absolute atomic E-state index is 4.06. The first-order chi connectivity index (χ1) is 6.38. The molecule has 0 unspecified atom stereocenters. The molecule has 1 rings (SSSR count). The maximum Gasteiger partial charge on any atom is 0.0409 e. The summed E-state index contributed by atoms with van der Waals surface area (Å²) < 4.78 is 0. The van der Waals surface area contributed by atoms with E-state index in [9.17, 15) is 0 Å². The highest BCUT2D eigenvalue weighted by atomic mass is 14.9. The summed E-state index contributed by atoms with van der Waals surface area (Å²) in [5.74, 6) is 0. The van der Waals surface area contributed by atoms with Crippen molar-refractivity contribution in [2.24, 2.45) is 0 Å². The van der Waals surface area contributed by atoms with Crippen LogP contribution < -0.4 is 5.32 Å². The Labute approximate surface area is 79.0 Å². The van der Waals surface area contributed by atoms with Crippen molar-refractivity contribution in [2.75, 3.05) is 11.9 Å². The summed E-state index contributed by atoms with van der Waals surface area (Å²) in [6.45, 7) is 8.13. The van der Waals surface area contributed by atoms with Gasteiger partial charge >= 0.3 is 0 Å². The summed E-state index contributed by atoms with van der Waals surface area (Å²) in [5.41, 5.74) is 2.27. The zero-order chi connectivity index (χ0) is 9.52. The molecule has 1 heterocycles. The SMILES string of the molecule is C=CCNc1ccncc1CC=C. The number of aromatic nitrogens is 1. The van der Waals surface area contributed by atoms with Crippen LogP contribution in [-0.4, -0.2) is 11.5 Å². The molecule has 1 aromatic heterocycles. The summed E-state index contributed by atoms with van der Waals surface area (Å²) in [7, 11) is 0. The molecule has 0 radical (unpaired) electrons. The Kier molecular flexibility index (Phi) is 3.76. The fourth-order valence-corrected chi connectivity index (χ4v) is 1.10. The normalized spacial score (nSPS) is 9.23. The van der Waals surface area contributed by atoms with Crippen molar-refractivity contribution in [3.63, 3.8) is 0 Å². The van der Waals surface area contributed by atoms with Crippen molar-refractivity contribution in [1.29, 1.82) is 0 Å². The van der Waals surface area contributed by atoms with Gasteiger partial charge in [0.15, 0.2) is 0 Å². The molecule has 0 aliphatic rings. The molecule has 0 bridgehead atoms. The molecule has 1 N–H and O–H groups in total. The van der Waals surface area contributed by atoms with Crippen LogP contribution >= 0.6 is 0 Å². The van der Waals surface area contributed by atoms with Crippen LogP contribution in [0.5, 0.6) is 0 Å². The van der Waals surface area contributed by atoms with Gasteiger partial charge in [-0.2, -0.15) is 0 Å². The first kappa shape index (κ1) is 9.52. The fourth-order valence-electron chi connectivity index (χ4n) is 1.10. The van der Waals surface area contributed by atoms with Crippen molar-refractivity contribution in [3.8, 4) is 0 Å². The predicted molar refractivity (Wildman–Crippen MR) is 56.8 cm³/mol. The van der Waals surface area contributed by atoms with Gasteiger partial charge in [0.2, 0.25) is 0 Å². The lowest BCUT2D eigenvalue weighted by Crippen LogP contribution is -2.01. The molecule has 2 nitrogen and oxygen atoms in total. The maximum atomic E-state index is 4.06. The molecule has 2 heteroatoms. The Morgan fingerprint density at radius 2 is 2.23 bits per heavy atom. The molecule has 0 amide bonds. The number of hydrogen-bond donors (Lipinski definition) is 1. The summed E-state index contributed by atoms with van der Waals surface area (Å²) in [6, 6.07) is 1.96. The number of hydrogen-bond acceptors (Lipinski definition) is 2. The molecule has 13 heavy (non-hydrogen) atoms. The van der Waals surface area contributed by atoms with E-state index in [1.54, 1.807) is 6.20 Å². The lowest BCUT2D eigenvalue weighted by Gasteiger charge is -2.07. The van der Waals surface area contributed by atoms with Gasteiger partial charge in [-0.1, -0.05) is 12.2 Å². The number of rotatable bonds is 5. The van der Waals surface area contributed by atoms with E-state index in [4.69, 9.17) is 0 Å². The first-order valence-electron chi connectivity index (χ1n) is 4.27. The Morgan fingerprint density at radius 1 is 1.38 bits per heavy atom. The topological polar surface area (TPSA) is 24.9 Å². The number of nitrogens with zero attached hydrogens (tertiary/aromatic N) is 1. The Hall–Kier alpha value is -1.57. The molecule has 1 aromatic rings. The van der Waals surface area contributed by atoms with Crippen molar-refractivity contribution in [1.82, 2.24) is 4.98 Å². The average molecular weight is 174 g/mol. The average Bonchev–Trinajstić information content (AvgIpc) is 2.17. The van der Waals surface area contributed by atoms with Crippen LogP contribution in [0, 0.1) is 0 Å². The predicted octanol–water partition coefficient (Wildman–Crippen LogP) is 2.41. The highest BCUT2D eigenvalue weighted by Gasteiger charge is 1.97. The molecule has 0 saturated heterocycles. The van der Waals surface area contributed by atoms with Gasteiger partial charge in [-0.05, 0) is 18.1 Å². The smallest absolute Gasteiger partial charge is 0.0409 e. The highest BCUT2D eigenvalue weighted by Crippen LogP contribution is 2.13. The Morgan fingerprint density at radius 3 is 2.92 bits per heavy atom. The number of allylic oxidation sites excluding steroid dienone is 1. The van der Waals surface area contributed by atoms with E-state index in [-0.39, 0.29) is 0 Å². The van der Waals surface area contributed by atoms with Gasteiger partial charge in [-0.25, -0.2) is 0 Å². The van der Waals surface area contributed by atoms with Gasteiger partial charge in [0.05, 0.1) is 0 Å². The molecule has 0 aromatic carbocycles. The molecule has 0 atom stereocenters. The summed E-state index contributed by atoms with van der Waals surface area (Å²) >= 11 is 0. The molecular weight excluding hydrogens is 160 g/mol. The molecular formula is C11H14N2. The van der Waals surface area contributed by atoms with Crippen LogP contribution in [0.15, 0.2) is 43.8 Å². The quantitative estimate of drug-likeness (QED) is 0.693. The summed E-state index contributed by atoms with van der Waals surface area (Å²) in [5, 5.41) is 3.24. The fraction of sp³-hybridized carbons (Fsp3) is 0.182. The molecule has 0 spiro atoms. The number of pyridine rings is 1. The molecule has 0 aliphatic heterocycles. The first-order valence-corrected chi connectivity index (χ1v) is 4.27. The second-order valence-corrected chi connectivity index (χ2v) is 2.70. The van der Waals surface area contributed by atoms with Crippen LogP contribution in [0.1, 0.15) is 5.56 Å². The molecule has 68 valence electrons. The van der Waals surface area contributed by atoms with E-state index in [1.807, 2.05) is 24.4 Å². The van der Waals surface area contributed by atoms with Crippen molar-refractivity contribution >= 4 is 5.69 Å². The highest BCUT2D eigenvalue weighted by molar-refractivity contribution is 5.50. The van der Waals surface area contributed by atoms with Gasteiger partial charge in [0, 0.05) is 24.6 Å². The zero-order valence-electron chi connectivity index (χ0n) is 7.66.